The van der Waals surface area contributed by atoms with E-state index < -0.39 is 33.7 Å². The van der Waals surface area contributed by atoms with Gasteiger partial charge in [-0.1, -0.05) is 79.8 Å². The number of amides is 2. The molecule has 2 aromatic carbocycles. The molecular weight excluding hydrogens is 500 g/mol. The van der Waals surface area contributed by atoms with Crippen molar-refractivity contribution >= 4 is 54.6 Å². The highest BCUT2D eigenvalue weighted by Crippen LogP contribution is 2.30. The molecule has 1 heterocycles. The second kappa shape index (κ2) is 12.1. The van der Waals surface area contributed by atoms with Crippen molar-refractivity contribution in [3.05, 3.63) is 66.2 Å². The number of hydrogen-bond donors (Lipinski definition) is 3. The van der Waals surface area contributed by atoms with Crippen molar-refractivity contribution in [3.63, 3.8) is 0 Å². The SMILES string of the molecule is CC(C)C[C@@H](C(=O)NN(c1nc2ccccc2s1)S(C)(=O)=O)[C@H](C/C=C/c1ccccc1)C(=O)NO. The number of rotatable bonds is 11. The summed E-state index contributed by atoms with van der Waals surface area (Å²) in [7, 11) is -3.94. The van der Waals surface area contributed by atoms with E-state index in [9.17, 15) is 23.2 Å². The topological polar surface area (TPSA) is 129 Å². The van der Waals surface area contributed by atoms with Gasteiger partial charge in [-0.15, -0.1) is 4.41 Å². The number of thiazole rings is 1. The van der Waals surface area contributed by atoms with Crippen molar-refractivity contribution in [3.8, 4) is 0 Å². The molecule has 0 fully saturated rings. The average Bonchev–Trinajstić information content (AvgIpc) is 3.27. The van der Waals surface area contributed by atoms with Gasteiger partial charge in [-0.25, -0.2) is 18.9 Å². The van der Waals surface area contributed by atoms with Gasteiger partial charge >= 0.3 is 0 Å². The fourth-order valence-electron chi connectivity index (χ4n) is 3.82. The molecular formula is C25H30N4O5S2. The molecule has 11 heteroatoms. The summed E-state index contributed by atoms with van der Waals surface area (Å²) in [5, 5.41) is 9.47. The number of anilines is 1. The lowest BCUT2D eigenvalue weighted by Crippen LogP contribution is -2.51. The van der Waals surface area contributed by atoms with Crippen LogP contribution in [0.25, 0.3) is 16.3 Å². The Morgan fingerprint density at radius 2 is 1.72 bits per heavy atom. The monoisotopic (exact) mass is 530 g/mol. The first kappa shape index (κ1) is 27.3. The highest BCUT2D eigenvalue weighted by Gasteiger charge is 2.36. The van der Waals surface area contributed by atoms with Crippen molar-refractivity contribution in [2.45, 2.75) is 26.7 Å². The zero-order valence-corrected chi connectivity index (χ0v) is 21.9. The van der Waals surface area contributed by atoms with Gasteiger partial charge in [0.05, 0.1) is 28.3 Å². The Morgan fingerprint density at radius 3 is 2.33 bits per heavy atom. The second-order valence-electron chi connectivity index (χ2n) is 8.83. The lowest BCUT2D eigenvalue weighted by Gasteiger charge is -2.28. The number of nitrogens with one attached hydrogen (secondary N) is 2. The van der Waals surface area contributed by atoms with Crippen LogP contribution < -0.4 is 15.3 Å². The summed E-state index contributed by atoms with van der Waals surface area (Å²) in [6.45, 7) is 3.80. The number of benzene rings is 2. The smallest absolute Gasteiger partial charge is 0.251 e. The summed E-state index contributed by atoms with van der Waals surface area (Å²) in [6.07, 6.45) is 5.01. The van der Waals surface area contributed by atoms with Crippen LogP contribution in [-0.2, 0) is 19.6 Å². The van der Waals surface area contributed by atoms with Gasteiger partial charge in [-0.3, -0.25) is 20.2 Å². The highest BCUT2D eigenvalue weighted by molar-refractivity contribution is 7.92. The molecule has 0 bridgehead atoms. The maximum Gasteiger partial charge on any atom is 0.251 e. The minimum atomic E-state index is -3.94. The van der Waals surface area contributed by atoms with Gasteiger partial charge in [-0.05, 0) is 36.5 Å². The standard InChI is InChI=1S/C25H30N4O5S2/c1-17(2)16-20(19(24(31)28-32)13-9-12-18-10-5-4-6-11-18)23(30)27-29(36(3,33)34)25-26-21-14-7-8-15-22(21)35-25/h4-12,14-15,17,19-20,32H,13,16H2,1-3H3,(H,27,30)(H,28,31)/b12-9+/t19-,20+/m0/s1. The third kappa shape index (κ3) is 7.12. The van der Waals surface area contributed by atoms with Gasteiger partial charge in [-0.2, -0.15) is 0 Å². The quantitative estimate of drug-likeness (QED) is 0.254. The molecule has 0 spiro atoms. The zero-order chi connectivity index (χ0) is 26.3. The number of hydroxylamine groups is 1. The van der Waals surface area contributed by atoms with Gasteiger partial charge < -0.3 is 0 Å². The fraction of sp³-hybridized carbons (Fsp3) is 0.320. The van der Waals surface area contributed by atoms with E-state index in [2.05, 4.69) is 10.4 Å². The molecule has 0 saturated heterocycles. The molecule has 0 radical (unpaired) electrons. The Hall–Kier alpha value is -3.28. The molecule has 2 atom stereocenters. The van der Waals surface area contributed by atoms with Crippen LogP contribution in [-0.4, -0.2) is 36.7 Å². The minimum absolute atomic E-state index is 0.0157. The van der Waals surface area contributed by atoms with E-state index in [4.69, 9.17) is 0 Å². The zero-order valence-electron chi connectivity index (χ0n) is 20.3. The number of hydrogen-bond acceptors (Lipinski definition) is 7. The van der Waals surface area contributed by atoms with Crippen molar-refractivity contribution in [1.82, 2.24) is 15.9 Å². The first-order chi connectivity index (χ1) is 17.1. The van der Waals surface area contributed by atoms with Crippen molar-refractivity contribution in [2.75, 3.05) is 10.7 Å². The van der Waals surface area contributed by atoms with E-state index in [1.807, 2.05) is 56.3 Å². The van der Waals surface area contributed by atoms with Crippen LogP contribution in [0.2, 0.25) is 0 Å². The molecule has 0 aliphatic heterocycles. The van der Waals surface area contributed by atoms with Crippen LogP contribution in [0.3, 0.4) is 0 Å². The predicted molar refractivity (Wildman–Crippen MR) is 142 cm³/mol. The fourth-order valence-corrected chi connectivity index (χ4v) is 5.75. The first-order valence-corrected chi connectivity index (χ1v) is 14.1. The van der Waals surface area contributed by atoms with Crippen LogP contribution in [0.15, 0.2) is 60.7 Å². The number of allylic oxidation sites excluding steroid dienone is 1. The highest BCUT2D eigenvalue weighted by atomic mass is 32.2. The second-order valence-corrected chi connectivity index (χ2v) is 11.7. The average molecular weight is 531 g/mol. The largest absolute Gasteiger partial charge is 0.289 e. The van der Waals surface area contributed by atoms with Crippen LogP contribution in [0, 0.1) is 17.8 Å². The molecule has 0 saturated carbocycles. The molecule has 3 N–H and O–H groups in total. The number of nitrogens with zero attached hydrogens (tertiary/aromatic N) is 2. The Kier molecular flexibility index (Phi) is 9.19. The van der Waals surface area contributed by atoms with Crippen LogP contribution in [0.5, 0.6) is 0 Å². The summed E-state index contributed by atoms with van der Waals surface area (Å²) >= 11 is 1.12. The number of hydrazine groups is 1. The predicted octanol–water partition coefficient (Wildman–Crippen LogP) is 3.98. The Labute approximate surface area is 214 Å². The van der Waals surface area contributed by atoms with Gasteiger partial charge in [0.15, 0.2) is 0 Å². The van der Waals surface area contributed by atoms with Crippen molar-refractivity contribution in [2.24, 2.45) is 17.8 Å². The third-order valence-corrected chi connectivity index (χ3v) is 7.56. The number of para-hydroxylation sites is 1. The summed E-state index contributed by atoms with van der Waals surface area (Å²) in [4.78, 5) is 30.5. The number of aromatic nitrogens is 1. The normalized spacial score (nSPS) is 13.6. The van der Waals surface area contributed by atoms with Crippen LogP contribution >= 0.6 is 11.3 Å². The molecule has 3 aromatic rings. The number of fused-ring (bicyclic) bond motifs is 1. The molecule has 9 nitrogen and oxygen atoms in total. The number of carbonyl (C=O) groups excluding carboxylic acids is 2. The summed E-state index contributed by atoms with van der Waals surface area (Å²) < 4.78 is 26.8. The van der Waals surface area contributed by atoms with E-state index >= 15 is 0 Å². The lowest BCUT2D eigenvalue weighted by molar-refractivity contribution is -0.140. The molecule has 0 unspecified atom stereocenters. The van der Waals surface area contributed by atoms with Gasteiger partial charge in [0, 0.05) is 0 Å². The summed E-state index contributed by atoms with van der Waals surface area (Å²) in [5.74, 6) is -3.22. The minimum Gasteiger partial charge on any atom is -0.289 e. The van der Waals surface area contributed by atoms with Gasteiger partial charge in [0.2, 0.25) is 16.9 Å². The number of carbonyl (C=O) groups is 2. The molecule has 3 rings (SSSR count). The van der Waals surface area contributed by atoms with Gasteiger partial charge in [0.25, 0.3) is 10.0 Å². The third-order valence-electron chi connectivity index (χ3n) is 5.49. The van der Waals surface area contributed by atoms with E-state index in [-0.39, 0.29) is 17.5 Å². The first-order valence-electron chi connectivity index (χ1n) is 11.4. The van der Waals surface area contributed by atoms with Crippen molar-refractivity contribution in [1.29, 1.82) is 0 Å². The Bertz CT molecular complexity index is 1290. The van der Waals surface area contributed by atoms with E-state index in [1.54, 1.807) is 29.8 Å². The Balaban J connectivity index is 1.90. The summed E-state index contributed by atoms with van der Waals surface area (Å²) in [5.41, 5.74) is 5.66. The summed E-state index contributed by atoms with van der Waals surface area (Å²) in [6, 6.07) is 16.6. The van der Waals surface area contributed by atoms with E-state index in [1.165, 1.54) is 0 Å². The van der Waals surface area contributed by atoms with Crippen LogP contribution in [0.1, 0.15) is 32.3 Å². The molecule has 2 amide bonds. The maximum absolute atomic E-state index is 13.5. The number of sulfonamides is 1. The van der Waals surface area contributed by atoms with E-state index in [0.717, 1.165) is 32.3 Å². The molecule has 192 valence electrons. The van der Waals surface area contributed by atoms with Crippen molar-refractivity contribution < 1.29 is 23.2 Å². The van der Waals surface area contributed by atoms with Crippen LogP contribution in [0.4, 0.5) is 5.13 Å². The Morgan fingerprint density at radius 1 is 1.06 bits per heavy atom. The maximum atomic E-state index is 13.5. The van der Waals surface area contributed by atoms with E-state index in [0.29, 0.717) is 11.9 Å². The molecule has 36 heavy (non-hydrogen) atoms. The molecule has 0 aliphatic carbocycles. The molecule has 1 aromatic heterocycles. The lowest BCUT2D eigenvalue weighted by atomic mass is 9.82. The molecule has 0 aliphatic rings. The van der Waals surface area contributed by atoms with Gasteiger partial charge in [0.1, 0.15) is 0 Å².